The highest BCUT2D eigenvalue weighted by atomic mass is 32.1. The lowest BCUT2D eigenvalue weighted by Crippen LogP contribution is -2.35. The van der Waals surface area contributed by atoms with Crippen molar-refractivity contribution in [2.75, 3.05) is 30.5 Å². The Morgan fingerprint density at radius 2 is 2.17 bits per heavy atom. The molecule has 10 heteroatoms. The predicted molar refractivity (Wildman–Crippen MR) is 118 cm³/mol. The minimum atomic E-state index is -0.289. The Kier molecular flexibility index (Phi) is 5.98. The van der Waals surface area contributed by atoms with Gasteiger partial charge in [-0.1, -0.05) is 22.7 Å². The average molecular weight is 447 g/mol. The fourth-order valence-corrected chi connectivity index (χ4v) is 5.19. The van der Waals surface area contributed by atoms with Gasteiger partial charge in [0, 0.05) is 13.5 Å². The van der Waals surface area contributed by atoms with Gasteiger partial charge in [0.05, 0.1) is 35.7 Å². The second-order valence-corrected chi connectivity index (χ2v) is 8.99. The molecule has 1 atom stereocenters. The summed E-state index contributed by atoms with van der Waals surface area (Å²) in [6.07, 6.45) is 1.92. The van der Waals surface area contributed by atoms with Gasteiger partial charge in [0.1, 0.15) is 10.6 Å². The Hall–Kier alpha value is -2.56. The normalized spacial score (nSPS) is 16.0. The number of hydrogen-bond donors (Lipinski definition) is 1. The number of rotatable bonds is 6. The van der Waals surface area contributed by atoms with Crippen molar-refractivity contribution < 1.29 is 19.1 Å². The summed E-state index contributed by atoms with van der Waals surface area (Å²) in [5.74, 6) is 0.330. The molecule has 0 saturated carbocycles. The Labute approximate surface area is 181 Å². The molecule has 0 unspecified atom stereocenters. The molecule has 1 aliphatic heterocycles. The quantitative estimate of drug-likeness (QED) is 0.618. The van der Waals surface area contributed by atoms with Crippen LogP contribution in [0.3, 0.4) is 0 Å². The third-order valence-electron chi connectivity index (χ3n) is 4.83. The maximum atomic E-state index is 12.9. The van der Waals surface area contributed by atoms with Crippen LogP contribution in [0.4, 0.5) is 10.3 Å². The van der Waals surface area contributed by atoms with Crippen LogP contribution < -0.4 is 15.0 Å². The molecule has 0 spiro atoms. The van der Waals surface area contributed by atoms with Gasteiger partial charge in [0.15, 0.2) is 10.3 Å². The van der Waals surface area contributed by atoms with E-state index < -0.39 is 0 Å². The van der Waals surface area contributed by atoms with Crippen molar-refractivity contribution in [3.8, 4) is 5.75 Å². The lowest BCUT2D eigenvalue weighted by molar-refractivity contribution is -0.116. The highest BCUT2D eigenvalue weighted by molar-refractivity contribution is 7.22. The van der Waals surface area contributed by atoms with Gasteiger partial charge in [-0.05, 0) is 38.0 Å². The molecular weight excluding hydrogens is 424 g/mol. The number of anilines is 2. The molecule has 4 rings (SSSR count). The van der Waals surface area contributed by atoms with Crippen LogP contribution in [-0.2, 0) is 9.53 Å². The van der Waals surface area contributed by atoms with Crippen molar-refractivity contribution in [2.24, 2.45) is 0 Å². The van der Waals surface area contributed by atoms with E-state index in [1.54, 1.807) is 18.9 Å². The number of hydrogen-bond acceptors (Lipinski definition) is 8. The number of nitrogens with one attached hydrogen (secondary N) is 1. The van der Waals surface area contributed by atoms with Gasteiger partial charge < -0.3 is 9.47 Å². The molecule has 1 fully saturated rings. The van der Waals surface area contributed by atoms with Crippen LogP contribution in [0.15, 0.2) is 18.2 Å². The molecular formula is C20H22N4O4S2. The summed E-state index contributed by atoms with van der Waals surface area (Å²) in [5, 5.41) is 3.86. The van der Waals surface area contributed by atoms with E-state index in [1.165, 1.54) is 29.6 Å². The van der Waals surface area contributed by atoms with Crippen molar-refractivity contribution in [1.29, 1.82) is 0 Å². The molecule has 3 heterocycles. The topological polar surface area (TPSA) is 93.6 Å². The van der Waals surface area contributed by atoms with Gasteiger partial charge in [-0.25, -0.2) is 9.97 Å². The van der Waals surface area contributed by atoms with Crippen molar-refractivity contribution in [2.45, 2.75) is 32.8 Å². The summed E-state index contributed by atoms with van der Waals surface area (Å²) in [6.45, 7) is 4.43. The molecule has 0 radical (unpaired) electrons. The zero-order valence-electron chi connectivity index (χ0n) is 16.9. The van der Waals surface area contributed by atoms with E-state index in [-0.39, 0.29) is 17.9 Å². The highest BCUT2D eigenvalue weighted by Crippen LogP contribution is 2.31. The molecule has 1 aliphatic rings. The smallest absolute Gasteiger partial charge is 0.269 e. The van der Waals surface area contributed by atoms with E-state index in [4.69, 9.17) is 9.47 Å². The van der Waals surface area contributed by atoms with Crippen LogP contribution in [0.2, 0.25) is 0 Å². The van der Waals surface area contributed by atoms with Crippen LogP contribution in [0.25, 0.3) is 10.2 Å². The van der Waals surface area contributed by atoms with E-state index in [1.807, 2.05) is 18.2 Å². The first kappa shape index (κ1) is 20.7. The van der Waals surface area contributed by atoms with Gasteiger partial charge in [0.2, 0.25) is 5.91 Å². The minimum Gasteiger partial charge on any atom is -0.497 e. The van der Waals surface area contributed by atoms with E-state index >= 15 is 0 Å². The first-order valence-electron chi connectivity index (χ1n) is 9.57. The van der Waals surface area contributed by atoms with Gasteiger partial charge in [-0.15, -0.1) is 0 Å². The molecule has 2 aromatic heterocycles. The number of nitrogens with zero attached hydrogens (tertiary/aromatic N) is 3. The number of aromatic nitrogens is 2. The number of thiazole rings is 2. The first-order valence-corrected chi connectivity index (χ1v) is 11.2. The first-order chi connectivity index (χ1) is 14.4. The van der Waals surface area contributed by atoms with Gasteiger partial charge in [-0.2, -0.15) is 0 Å². The molecule has 0 aliphatic carbocycles. The minimum absolute atomic E-state index is 0.00937. The van der Waals surface area contributed by atoms with Crippen LogP contribution in [-0.4, -0.2) is 48.1 Å². The number of aryl methyl sites for hydroxylation is 1. The molecule has 158 valence electrons. The Bertz CT molecular complexity index is 1090. The van der Waals surface area contributed by atoms with E-state index in [9.17, 15) is 9.59 Å². The summed E-state index contributed by atoms with van der Waals surface area (Å²) in [4.78, 5) is 36.0. The predicted octanol–water partition coefficient (Wildman–Crippen LogP) is 3.85. The van der Waals surface area contributed by atoms with Crippen molar-refractivity contribution in [1.82, 2.24) is 9.97 Å². The van der Waals surface area contributed by atoms with Crippen molar-refractivity contribution in [3.63, 3.8) is 0 Å². The summed E-state index contributed by atoms with van der Waals surface area (Å²) >= 11 is 2.58. The van der Waals surface area contributed by atoms with Gasteiger partial charge in [0.25, 0.3) is 5.91 Å². The summed E-state index contributed by atoms with van der Waals surface area (Å²) in [5.41, 5.74) is 1.37. The molecule has 1 N–H and O–H groups in total. The fraction of sp³-hybridized carbons (Fsp3) is 0.400. The number of fused-ring (bicyclic) bond motifs is 1. The van der Waals surface area contributed by atoms with Gasteiger partial charge in [-0.3, -0.25) is 19.8 Å². The largest absolute Gasteiger partial charge is 0.497 e. The fourth-order valence-electron chi connectivity index (χ4n) is 3.28. The van der Waals surface area contributed by atoms with Crippen LogP contribution in [0.5, 0.6) is 5.75 Å². The van der Waals surface area contributed by atoms with E-state index in [2.05, 4.69) is 15.3 Å². The summed E-state index contributed by atoms with van der Waals surface area (Å²) in [6, 6.07) is 5.57. The molecule has 8 nitrogen and oxygen atoms in total. The van der Waals surface area contributed by atoms with Crippen molar-refractivity contribution in [3.05, 3.63) is 28.8 Å². The number of carbonyl (C=O) groups excluding carboxylic acids is 2. The number of ether oxygens (including phenoxy) is 2. The molecule has 1 aromatic carbocycles. The third-order valence-corrected chi connectivity index (χ3v) is 6.94. The standard InChI is InChI=1S/C20H22N4O4S2/c1-11-17(30-20(21-11)24(12(2)25)10-14-5-4-8-28-14)18(26)23-19-22-15-7-6-13(27-3)9-16(15)29-19/h6-7,9,14H,4-5,8,10H2,1-3H3,(H,22,23,26)/t14-/m0/s1. The SMILES string of the molecule is COc1ccc2nc(NC(=O)c3sc(N(C[C@@H]4CCCO4)C(C)=O)nc3C)sc2c1. The van der Waals surface area contributed by atoms with Gasteiger partial charge >= 0.3 is 0 Å². The monoisotopic (exact) mass is 446 g/mol. The summed E-state index contributed by atoms with van der Waals surface area (Å²) in [7, 11) is 1.61. The molecule has 3 aromatic rings. The van der Waals surface area contributed by atoms with Crippen LogP contribution >= 0.6 is 22.7 Å². The summed E-state index contributed by atoms with van der Waals surface area (Å²) < 4.78 is 11.8. The zero-order valence-corrected chi connectivity index (χ0v) is 18.6. The van der Waals surface area contributed by atoms with E-state index in [0.29, 0.717) is 27.4 Å². The zero-order chi connectivity index (χ0) is 21.3. The average Bonchev–Trinajstić information content (AvgIpc) is 3.44. The number of carbonyl (C=O) groups is 2. The molecule has 0 bridgehead atoms. The lowest BCUT2D eigenvalue weighted by atomic mass is 10.2. The van der Waals surface area contributed by atoms with E-state index in [0.717, 1.165) is 35.4 Å². The maximum absolute atomic E-state index is 12.9. The van der Waals surface area contributed by atoms with Crippen molar-refractivity contribution >= 4 is 55.0 Å². The Balaban J connectivity index is 1.53. The maximum Gasteiger partial charge on any atom is 0.269 e. The van der Waals surface area contributed by atoms with Crippen LogP contribution in [0.1, 0.15) is 35.1 Å². The molecule has 2 amide bonds. The number of methoxy groups -OCH3 is 1. The Morgan fingerprint density at radius 3 is 2.87 bits per heavy atom. The molecule has 1 saturated heterocycles. The highest BCUT2D eigenvalue weighted by Gasteiger charge is 2.26. The Morgan fingerprint density at radius 1 is 1.33 bits per heavy atom. The second-order valence-electron chi connectivity index (χ2n) is 6.98. The third kappa shape index (κ3) is 4.30. The van der Waals surface area contributed by atoms with Crippen LogP contribution in [0, 0.1) is 6.92 Å². The molecule has 30 heavy (non-hydrogen) atoms. The lowest BCUT2D eigenvalue weighted by Gasteiger charge is -2.21. The number of benzene rings is 1. The second kappa shape index (κ2) is 8.66. The number of amides is 2.